The maximum absolute atomic E-state index is 12.7. The van der Waals surface area contributed by atoms with Crippen LogP contribution < -0.4 is 0 Å². The number of benzene rings is 1. The van der Waals surface area contributed by atoms with Gasteiger partial charge in [-0.2, -0.15) is 9.29 Å². The summed E-state index contributed by atoms with van der Waals surface area (Å²) in [4.78, 5) is 6.72. The average Bonchev–Trinajstić information content (AvgIpc) is 3.12. The van der Waals surface area contributed by atoms with Crippen molar-refractivity contribution in [1.82, 2.24) is 19.3 Å². The Bertz CT molecular complexity index is 851. The third kappa shape index (κ3) is 4.75. The first-order valence-corrected chi connectivity index (χ1v) is 10.9. The molecule has 1 aromatic carbocycles. The van der Waals surface area contributed by atoms with Gasteiger partial charge < -0.3 is 4.52 Å². The zero-order valence-electron chi connectivity index (χ0n) is 16.4. The average molecular weight is 393 g/mol. The molecule has 1 atom stereocenters. The second kappa shape index (κ2) is 7.69. The van der Waals surface area contributed by atoms with Gasteiger partial charge in [0.2, 0.25) is 15.9 Å². The molecule has 3 rings (SSSR count). The van der Waals surface area contributed by atoms with Crippen molar-refractivity contribution in [3.63, 3.8) is 0 Å². The fourth-order valence-corrected chi connectivity index (χ4v) is 4.63. The molecule has 8 heteroatoms. The molecule has 1 saturated heterocycles. The standard InChI is InChI=1S/C19H28N4O3S/c1-15(17-20-18(21-26-17)19(2,3)4)22-10-12-23(13-11-22)27(24,25)14-16-8-6-5-7-9-16/h5-9,15H,10-14H2,1-4H3/t15-/m1/s1. The third-order valence-electron chi connectivity index (χ3n) is 4.88. The van der Waals surface area contributed by atoms with Crippen LogP contribution in [-0.2, 0) is 21.2 Å². The number of sulfonamides is 1. The van der Waals surface area contributed by atoms with E-state index in [2.05, 4.69) is 15.0 Å². The molecule has 0 radical (unpaired) electrons. The van der Waals surface area contributed by atoms with Gasteiger partial charge in [-0.3, -0.25) is 4.90 Å². The summed E-state index contributed by atoms with van der Waals surface area (Å²) in [7, 11) is -3.31. The highest BCUT2D eigenvalue weighted by Crippen LogP contribution is 2.25. The van der Waals surface area contributed by atoms with Crippen LogP contribution in [0.4, 0.5) is 0 Å². The number of aromatic nitrogens is 2. The number of hydrogen-bond donors (Lipinski definition) is 0. The molecular formula is C19H28N4O3S. The van der Waals surface area contributed by atoms with E-state index in [1.807, 2.05) is 58.0 Å². The first kappa shape index (κ1) is 20.0. The predicted octanol–water partition coefficient (Wildman–Crippen LogP) is 2.58. The molecule has 2 heterocycles. The summed E-state index contributed by atoms with van der Waals surface area (Å²) in [6, 6.07) is 9.27. The van der Waals surface area contributed by atoms with Gasteiger partial charge in [0, 0.05) is 31.6 Å². The number of nitrogens with zero attached hydrogens (tertiary/aromatic N) is 4. The second-order valence-corrected chi connectivity index (χ2v) is 10.0. The molecule has 0 saturated carbocycles. The summed E-state index contributed by atoms with van der Waals surface area (Å²) < 4.78 is 32.4. The zero-order chi connectivity index (χ0) is 19.7. The molecular weight excluding hydrogens is 364 g/mol. The van der Waals surface area contributed by atoms with Gasteiger partial charge in [-0.15, -0.1) is 0 Å². The van der Waals surface area contributed by atoms with Gasteiger partial charge in [0.1, 0.15) is 0 Å². The normalized spacial score (nSPS) is 18.5. The Morgan fingerprint density at radius 2 is 1.74 bits per heavy atom. The highest BCUT2D eigenvalue weighted by Gasteiger charge is 2.31. The summed E-state index contributed by atoms with van der Waals surface area (Å²) in [6.07, 6.45) is 0. The van der Waals surface area contributed by atoms with Gasteiger partial charge in [-0.25, -0.2) is 8.42 Å². The van der Waals surface area contributed by atoms with Crippen LogP contribution in [0, 0.1) is 0 Å². The highest BCUT2D eigenvalue weighted by molar-refractivity contribution is 7.88. The van der Waals surface area contributed by atoms with E-state index in [4.69, 9.17) is 4.52 Å². The van der Waals surface area contributed by atoms with E-state index in [9.17, 15) is 8.42 Å². The van der Waals surface area contributed by atoms with E-state index < -0.39 is 10.0 Å². The smallest absolute Gasteiger partial charge is 0.243 e. The lowest BCUT2D eigenvalue weighted by Crippen LogP contribution is -2.49. The Labute approximate surface area is 161 Å². The van der Waals surface area contributed by atoms with Crippen LogP contribution in [0.15, 0.2) is 34.9 Å². The van der Waals surface area contributed by atoms with Gasteiger partial charge in [-0.05, 0) is 12.5 Å². The van der Waals surface area contributed by atoms with E-state index in [-0.39, 0.29) is 17.2 Å². The van der Waals surface area contributed by atoms with Crippen LogP contribution >= 0.6 is 0 Å². The zero-order valence-corrected chi connectivity index (χ0v) is 17.2. The molecule has 0 N–H and O–H groups in total. The molecule has 1 aliphatic rings. The van der Waals surface area contributed by atoms with Crippen LogP contribution in [0.25, 0.3) is 0 Å². The van der Waals surface area contributed by atoms with E-state index in [1.54, 1.807) is 4.31 Å². The molecule has 1 aromatic heterocycles. The fraction of sp³-hybridized carbons (Fsp3) is 0.579. The SMILES string of the molecule is C[C@H](c1nc(C(C)(C)C)no1)N1CCN(S(=O)(=O)Cc2ccccc2)CC1. The Balaban J connectivity index is 1.60. The maximum atomic E-state index is 12.7. The van der Waals surface area contributed by atoms with Crippen LogP contribution in [0.3, 0.4) is 0 Å². The minimum absolute atomic E-state index is 0.0347. The summed E-state index contributed by atoms with van der Waals surface area (Å²) in [5.41, 5.74) is 0.653. The largest absolute Gasteiger partial charge is 0.338 e. The van der Waals surface area contributed by atoms with Gasteiger partial charge in [0.25, 0.3) is 0 Å². The van der Waals surface area contributed by atoms with E-state index in [0.717, 1.165) is 5.56 Å². The van der Waals surface area contributed by atoms with E-state index in [1.165, 1.54) is 0 Å². The Morgan fingerprint density at radius 1 is 1.11 bits per heavy atom. The van der Waals surface area contributed by atoms with Crippen LogP contribution in [0.2, 0.25) is 0 Å². The van der Waals surface area contributed by atoms with Crippen molar-refractivity contribution >= 4 is 10.0 Å². The molecule has 1 aliphatic heterocycles. The minimum atomic E-state index is -3.31. The molecule has 0 bridgehead atoms. The van der Waals surface area contributed by atoms with Crippen LogP contribution in [0.5, 0.6) is 0 Å². The van der Waals surface area contributed by atoms with Crippen molar-refractivity contribution in [1.29, 1.82) is 0 Å². The lowest BCUT2D eigenvalue weighted by atomic mass is 9.96. The molecule has 148 valence electrons. The summed E-state index contributed by atoms with van der Waals surface area (Å²) in [5.74, 6) is 1.32. The summed E-state index contributed by atoms with van der Waals surface area (Å²) in [5, 5.41) is 4.09. The number of hydrogen-bond acceptors (Lipinski definition) is 6. The van der Waals surface area contributed by atoms with Crippen LogP contribution in [0.1, 0.15) is 51.0 Å². The molecule has 0 aliphatic carbocycles. The predicted molar refractivity (Wildman–Crippen MR) is 104 cm³/mol. The van der Waals surface area contributed by atoms with Crippen molar-refractivity contribution < 1.29 is 12.9 Å². The summed E-state index contributed by atoms with van der Waals surface area (Å²) >= 11 is 0. The first-order valence-electron chi connectivity index (χ1n) is 9.27. The maximum Gasteiger partial charge on any atom is 0.243 e. The Kier molecular flexibility index (Phi) is 5.69. The summed E-state index contributed by atoms with van der Waals surface area (Å²) in [6.45, 7) is 10.4. The van der Waals surface area contributed by atoms with Gasteiger partial charge in [-0.1, -0.05) is 56.3 Å². The second-order valence-electron chi connectivity index (χ2n) is 8.06. The third-order valence-corrected chi connectivity index (χ3v) is 6.73. The van der Waals surface area contributed by atoms with Crippen molar-refractivity contribution in [2.45, 2.75) is 44.9 Å². The lowest BCUT2D eigenvalue weighted by molar-refractivity contribution is 0.124. The number of rotatable bonds is 5. The topological polar surface area (TPSA) is 79.5 Å². The monoisotopic (exact) mass is 392 g/mol. The van der Waals surface area contributed by atoms with Crippen molar-refractivity contribution in [3.05, 3.63) is 47.6 Å². The molecule has 0 spiro atoms. The Hall–Kier alpha value is -1.77. The van der Waals surface area contributed by atoms with Crippen LogP contribution in [-0.4, -0.2) is 53.9 Å². The van der Waals surface area contributed by atoms with Crippen molar-refractivity contribution in [2.24, 2.45) is 0 Å². The lowest BCUT2D eigenvalue weighted by Gasteiger charge is -2.36. The molecule has 0 unspecified atom stereocenters. The van der Waals surface area contributed by atoms with Crippen molar-refractivity contribution in [2.75, 3.05) is 26.2 Å². The molecule has 0 amide bonds. The van der Waals surface area contributed by atoms with Gasteiger partial charge in [0.15, 0.2) is 5.82 Å². The van der Waals surface area contributed by atoms with Gasteiger partial charge >= 0.3 is 0 Å². The first-order chi connectivity index (χ1) is 12.7. The molecule has 7 nitrogen and oxygen atoms in total. The molecule has 1 fully saturated rings. The highest BCUT2D eigenvalue weighted by atomic mass is 32.2. The van der Waals surface area contributed by atoms with Crippen molar-refractivity contribution in [3.8, 4) is 0 Å². The van der Waals surface area contributed by atoms with Gasteiger partial charge in [0.05, 0.1) is 11.8 Å². The van der Waals surface area contributed by atoms with E-state index >= 15 is 0 Å². The number of piperazine rings is 1. The fourth-order valence-electron chi connectivity index (χ4n) is 3.11. The Morgan fingerprint density at radius 3 is 2.30 bits per heavy atom. The molecule has 27 heavy (non-hydrogen) atoms. The molecule has 2 aromatic rings. The minimum Gasteiger partial charge on any atom is -0.338 e. The van der Waals surface area contributed by atoms with E-state index in [0.29, 0.717) is 37.9 Å². The quantitative estimate of drug-likeness (QED) is 0.778.